The summed E-state index contributed by atoms with van der Waals surface area (Å²) >= 11 is 0. The molecule has 5 aromatic rings. The molecule has 0 saturated carbocycles. The normalized spacial score (nSPS) is 10.7. The van der Waals surface area contributed by atoms with Crippen LogP contribution in [0.4, 0.5) is 0 Å². The second-order valence-electron chi connectivity index (χ2n) is 6.64. The summed E-state index contributed by atoms with van der Waals surface area (Å²) in [7, 11) is 0. The van der Waals surface area contributed by atoms with Gasteiger partial charge in [0.1, 0.15) is 11.5 Å². The first-order valence-corrected chi connectivity index (χ1v) is 9.57. The maximum atomic E-state index is 12.8. The number of para-hydroxylation sites is 3. The lowest BCUT2D eigenvalue weighted by Crippen LogP contribution is -2.03. The summed E-state index contributed by atoms with van der Waals surface area (Å²) in [4.78, 5) is 28.6. The Morgan fingerprint density at radius 1 is 0.710 bits per heavy atom. The fourth-order valence-electron chi connectivity index (χ4n) is 3.04. The highest BCUT2D eigenvalue weighted by atomic mass is 16.5. The van der Waals surface area contributed by atoms with Crippen molar-refractivity contribution in [2.45, 2.75) is 0 Å². The lowest BCUT2D eigenvalue weighted by Gasteiger charge is -2.10. The predicted molar refractivity (Wildman–Crippen MR) is 115 cm³/mol. The van der Waals surface area contributed by atoms with E-state index in [0.717, 1.165) is 11.0 Å². The van der Waals surface area contributed by atoms with Gasteiger partial charge in [0.05, 0.1) is 11.0 Å². The van der Waals surface area contributed by atoms with Gasteiger partial charge in [-0.2, -0.15) is 0 Å². The van der Waals surface area contributed by atoms with Crippen LogP contribution in [0.2, 0.25) is 0 Å². The number of hydrogen-bond donors (Lipinski definition) is 1. The molecule has 2 heterocycles. The summed E-state index contributed by atoms with van der Waals surface area (Å²) in [6.45, 7) is 0. The first kappa shape index (κ1) is 18.5. The molecule has 31 heavy (non-hydrogen) atoms. The standard InChI is InChI=1S/C24H16N4O3/c29-21(22-27-19-8-4-5-9-20(19)28-22)16-10-12-18(13-11-16)31-24-23(25-14-15-26-24)30-17-6-2-1-3-7-17/h1-15H,(H,27,28). The van der Waals surface area contributed by atoms with E-state index in [1.165, 1.54) is 12.4 Å². The SMILES string of the molecule is O=C(c1ccc(Oc2nccnc2Oc2ccccc2)cc1)c1nc2ccccc2[nH]1. The van der Waals surface area contributed by atoms with E-state index in [1.807, 2.05) is 54.6 Å². The second-order valence-corrected chi connectivity index (χ2v) is 6.64. The summed E-state index contributed by atoms with van der Waals surface area (Å²) in [5.41, 5.74) is 2.06. The van der Waals surface area contributed by atoms with Gasteiger partial charge >= 0.3 is 0 Å². The molecule has 3 aromatic carbocycles. The molecule has 0 unspecified atom stereocenters. The summed E-state index contributed by atoms with van der Waals surface area (Å²) in [5.74, 6) is 1.69. The molecule has 0 fully saturated rings. The fraction of sp³-hybridized carbons (Fsp3) is 0. The molecule has 0 aliphatic heterocycles. The number of nitrogens with one attached hydrogen (secondary N) is 1. The molecule has 0 amide bonds. The van der Waals surface area contributed by atoms with E-state index in [-0.39, 0.29) is 17.5 Å². The van der Waals surface area contributed by atoms with Gasteiger partial charge in [-0.05, 0) is 48.5 Å². The van der Waals surface area contributed by atoms with Gasteiger partial charge in [0.15, 0.2) is 5.82 Å². The van der Waals surface area contributed by atoms with E-state index in [9.17, 15) is 4.79 Å². The van der Waals surface area contributed by atoms with Crippen molar-refractivity contribution < 1.29 is 14.3 Å². The van der Waals surface area contributed by atoms with E-state index in [2.05, 4.69) is 19.9 Å². The number of H-pyrrole nitrogens is 1. The van der Waals surface area contributed by atoms with Crippen LogP contribution in [0.1, 0.15) is 16.2 Å². The summed E-state index contributed by atoms with van der Waals surface area (Å²) in [6.07, 6.45) is 3.05. The van der Waals surface area contributed by atoms with Crippen molar-refractivity contribution in [2.24, 2.45) is 0 Å². The van der Waals surface area contributed by atoms with Crippen LogP contribution in [0, 0.1) is 0 Å². The number of ketones is 1. The average molecular weight is 408 g/mol. The minimum atomic E-state index is -0.199. The van der Waals surface area contributed by atoms with E-state index >= 15 is 0 Å². The molecule has 2 aromatic heterocycles. The minimum absolute atomic E-state index is 0.199. The minimum Gasteiger partial charge on any atom is -0.435 e. The Kier molecular flexibility index (Phi) is 4.82. The molecule has 0 saturated heterocycles. The highest BCUT2D eigenvalue weighted by Crippen LogP contribution is 2.30. The van der Waals surface area contributed by atoms with Crippen molar-refractivity contribution >= 4 is 16.8 Å². The topological polar surface area (TPSA) is 90.0 Å². The Balaban J connectivity index is 1.34. The summed E-state index contributed by atoms with van der Waals surface area (Å²) in [6, 6.07) is 23.5. The lowest BCUT2D eigenvalue weighted by atomic mass is 10.1. The molecular weight excluding hydrogens is 392 g/mol. The molecule has 0 bridgehead atoms. The van der Waals surface area contributed by atoms with Gasteiger partial charge in [0.2, 0.25) is 5.78 Å². The number of nitrogens with zero attached hydrogens (tertiary/aromatic N) is 3. The highest BCUT2D eigenvalue weighted by molar-refractivity contribution is 6.08. The van der Waals surface area contributed by atoms with Crippen molar-refractivity contribution in [3.8, 4) is 23.3 Å². The lowest BCUT2D eigenvalue weighted by molar-refractivity contribution is 0.103. The van der Waals surface area contributed by atoms with Crippen LogP contribution in [0.15, 0.2) is 91.3 Å². The Labute approximate surface area is 177 Å². The zero-order chi connectivity index (χ0) is 21.0. The van der Waals surface area contributed by atoms with Gasteiger partial charge in [0, 0.05) is 18.0 Å². The summed E-state index contributed by atoms with van der Waals surface area (Å²) < 4.78 is 11.6. The van der Waals surface area contributed by atoms with Gasteiger partial charge in [-0.25, -0.2) is 15.0 Å². The largest absolute Gasteiger partial charge is 0.435 e. The Bertz CT molecular complexity index is 1320. The quantitative estimate of drug-likeness (QED) is 0.390. The number of carbonyl (C=O) groups is 1. The third-order valence-electron chi connectivity index (χ3n) is 4.53. The molecule has 1 N–H and O–H groups in total. The molecule has 0 aliphatic carbocycles. The van der Waals surface area contributed by atoms with Crippen molar-refractivity contribution in [2.75, 3.05) is 0 Å². The van der Waals surface area contributed by atoms with Crippen LogP contribution in [-0.4, -0.2) is 25.7 Å². The van der Waals surface area contributed by atoms with E-state index in [0.29, 0.717) is 22.9 Å². The number of aromatic amines is 1. The van der Waals surface area contributed by atoms with Crippen LogP contribution in [0.5, 0.6) is 23.3 Å². The Morgan fingerprint density at radius 3 is 2.00 bits per heavy atom. The van der Waals surface area contributed by atoms with E-state index < -0.39 is 0 Å². The number of fused-ring (bicyclic) bond motifs is 1. The maximum absolute atomic E-state index is 12.8. The van der Waals surface area contributed by atoms with E-state index in [4.69, 9.17) is 9.47 Å². The zero-order valence-electron chi connectivity index (χ0n) is 16.2. The number of aromatic nitrogens is 4. The van der Waals surface area contributed by atoms with Gasteiger partial charge in [-0.1, -0.05) is 30.3 Å². The molecular formula is C24H16N4O3. The Morgan fingerprint density at radius 2 is 1.32 bits per heavy atom. The molecule has 7 nitrogen and oxygen atoms in total. The van der Waals surface area contributed by atoms with Gasteiger partial charge in [-0.15, -0.1) is 0 Å². The third-order valence-corrected chi connectivity index (χ3v) is 4.53. The van der Waals surface area contributed by atoms with Gasteiger partial charge in [-0.3, -0.25) is 4.79 Å². The number of carbonyl (C=O) groups excluding carboxylic acids is 1. The van der Waals surface area contributed by atoms with Crippen molar-refractivity contribution in [1.29, 1.82) is 0 Å². The van der Waals surface area contributed by atoms with Crippen molar-refractivity contribution in [3.05, 3.63) is 103 Å². The molecule has 7 heteroatoms. The first-order chi connectivity index (χ1) is 15.3. The van der Waals surface area contributed by atoms with E-state index in [1.54, 1.807) is 24.3 Å². The smallest absolute Gasteiger partial charge is 0.284 e. The number of rotatable bonds is 6. The number of hydrogen-bond acceptors (Lipinski definition) is 6. The molecule has 0 spiro atoms. The molecule has 0 radical (unpaired) electrons. The maximum Gasteiger partial charge on any atom is 0.284 e. The van der Waals surface area contributed by atoms with Crippen LogP contribution in [0.25, 0.3) is 11.0 Å². The third kappa shape index (κ3) is 3.97. The molecule has 0 aliphatic rings. The van der Waals surface area contributed by atoms with Gasteiger partial charge < -0.3 is 14.5 Å². The van der Waals surface area contributed by atoms with Crippen LogP contribution in [0.3, 0.4) is 0 Å². The van der Waals surface area contributed by atoms with Gasteiger partial charge in [0.25, 0.3) is 11.8 Å². The van der Waals surface area contributed by atoms with Crippen molar-refractivity contribution in [3.63, 3.8) is 0 Å². The molecule has 150 valence electrons. The molecule has 0 atom stereocenters. The average Bonchev–Trinajstić information content (AvgIpc) is 3.25. The predicted octanol–water partition coefficient (Wildman–Crippen LogP) is 5.17. The van der Waals surface area contributed by atoms with Crippen LogP contribution >= 0.6 is 0 Å². The Hall–Kier alpha value is -4.52. The number of benzene rings is 3. The molecule has 5 rings (SSSR count). The van der Waals surface area contributed by atoms with Crippen LogP contribution in [-0.2, 0) is 0 Å². The monoisotopic (exact) mass is 408 g/mol. The second kappa shape index (κ2) is 8.08. The first-order valence-electron chi connectivity index (χ1n) is 9.57. The number of ether oxygens (including phenoxy) is 2. The zero-order valence-corrected chi connectivity index (χ0v) is 16.2. The highest BCUT2D eigenvalue weighted by Gasteiger charge is 2.15. The summed E-state index contributed by atoms with van der Waals surface area (Å²) in [5, 5.41) is 0. The fourth-order valence-corrected chi connectivity index (χ4v) is 3.04. The number of imidazole rings is 1. The van der Waals surface area contributed by atoms with Crippen molar-refractivity contribution in [1.82, 2.24) is 19.9 Å². The van der Waals surface area contributed by atoms with Crippen LogP contribution < -0.4 is 9.47 Å².